The number of benzene rings is 6. The van der Waals surface area contributed by atoms with Crippen molar-refractivity contribution in [3.8, 4) is 11.1 Å². The first-order valence-corrected chi connectivity index (χ1v) is 15.9. The lowest BCUT2D eigenvalue weighted by Gasteiger charge is -2.26. The molecule has 0 aliphatic heterocycles. The molecule has 0 bridgehead atoms. The number of nitrogens with zero attached hydrogens (tertiary/aromatic N) is 2. The molecule has 1 heterocycles. The maximum Gasteiger partial charge on any atom is 0.344 e. The van der Waals surface area contributed by atoms with E-state index in [1.807, 2.05) is 30.3 Å². The summed E-state index contributed by atoms with van der Waals surface area (Å²) in [5.41, 5.74) is 12.4. The zero-order valence-electron chi connectivity index (χ0n) is 27.1. The molecule has 7 aromatic rings. The minimum Gasteiger partial charge on any atom is -0.422 e. The van der Waals surface area contributed by atoms with Crippen LogP contribution in [-0.2, 0) is 0 Å². The van der Waals surface area contributed by atoms with Crippen molar-refractivity contribution in [2.45, 2.75) is 27.7 Å². The van der Waals surface area contributed by atoms with Crippen LogP contribution in [0.15, 0.2) is 155 Å². The van der Waals surface area contributed by atoms with Crippen molar-refractivity contribution >= 4 is 45.1 Å². The second kappa shape index (κ2) is 12.5. The Bertz CT molecular complexity index is 2190. The molecule has 0 spiro atoms. The van der Waals surface area contributed by atoms with Gasteiger partial charge in [-0.3, -0.25) is 0 Å². The third kappa shape index (κ3) is 6.18. The Balaban J connectivity index is 1.26. The van der Waals surface area contributed by atoms with Crippen LogP contribution in [0, 0.1) is 27.7 Å². The van der Waals surface area contributed by atoms with E-state index >= 15 is 0 Å². The first kappa shape index (κ1) is 29.8. The van der Waals surface area contributed by atoms with Crippen molar-refractivity contribution in [1.29, 1.82) is 0 Å². The molecule has 230 valence electrons. The average Bonchev–Trinajstić information content (AvgIpc) is 3.05. The Morgan fingerprint density at radius 1 is 0.426 bits per heavy atom. The average molecular weight is 613 g/mol. The van der Waals surface area contributed by atoms with Crippen LogP contribution in [0.2, 0.25) is 0 Å². The molecule has 4 heteroatoms. The van der Waals surface area contributed by atoms with Crippen LogP contribution in [0.4, 0.5) is 34.1 Å². The zero-order chi connectivity index (χ0) is 32.5. The normalized spacial score (nSPS) is 11.1. The van der Waals surface area contributed by atoms with Crippen LogP contribution < -0.4 is 15.4 Å². The molecule has 0 saturated heterocycles. The van der Waals surface area contributed by atoms with Crippen LogP contribution in [0.1, 0.15) is 22.3 Å². The van der Waals surface area contributed by atoms with Gasteiger partial charge in [-0.05, 0) is 134 Å². The highest BCUT2D eigenvalue weighted by Crippen LogP contribution is 2.38. The Kier molecular flexibility index (Phi) is 7.93. The van der Waals surface area contributed by atoms with Gasteiger partial charge < -0.3 is 14.2 Å². The Morgan fingerprint density at radius 2 is 0.830 bits per heavy atom. The highest BCUT2D eigenvalue weighted by atomic mass is 16.4. The van der Waals surface area contributed by atoms with Crippen LogP contribution in [-0.4, -0.2) is 0 Å². The summed E-state index contributed by atoms with van der Waals surface area (Å²) in [6.07, 6.45) is 0. The fraction of sp³-hybridized carbons (Fsp3) is 0.0930. The smallest absolute Gasteiger partial charge is 0.344 e. The van der Waals surface area contributed by atoms with Gasteiger partial charge in [0.15, 0.2) is 0 Å². The predicted octanol–water partition coefficient (Wildman–Crippen LogP) is 11.6. The SMILES string of the molecule is Cc1cccc(N(c2ccc(-c3cc4ccc(N(c5cccc(C)c5)c5cccc(C)c5)cc4oc3=O)cc2)c2cccc(C)c2)c1. The monoisotopic (exact) mass is 612 g/mol. The van der Waals surface area contributed by atoms with Crippen molar-refractivity contribution in [2.75, 3.05) is 9.80 Å². The maximum absolute atomic E-state index is 13.5. The molecule has 1 aromatic heterocycles. The first-order valence-electron chi connectivity index (χ1n) is 15.9. The van der Waals surface area contributed by atoms with Crippen molar-refractivity contribution < 1.29 is 4.42 Å². The first-order chi connectivity index (χ1) is 22.8. The van der Waals surface area contributed by atoms with Gasteiger partial charge in [0, 0.05) is 45.6 Å². The number of aryl methyl sites for hydroxylation is 4. The minimum absolute atomic E-state index is 0.366. The molecule has 0 atom stereocenters. The van der Waals surface area contributed by atoms with Gasteiger partial charge in [-0.1, -0.05) is 60.7 Å². The molecule has 0 radical (unpaired) electrons. The summed E-state index contributed by atoms with van der Waals surface area (Å²) < 4.78 is 6.01. The molecule has 0 fully saturated rings. The van der Waals surface area contributed by atoms with E-state index in [-0.39, 0.29) is 5.63 Å². The fourth-order valence-electron chi connectivity index (χ4n) is 6.19. The molecule has 47 heavy (non-hydrogen) atoms. The number of rotatable bonds is 7. The van der Waals surface area contributed by atoms with Crippen LogP contribution in [0.3, 0.4) is 0 Å². The summed E-state index contributed by atoms with van der Waals surface area (Å²) >= 11 is 0. The molecular formula is C43H36N2O2. The van der Waals surface area contributed by atoms with Gasteiger partial charge >= 0.3 is 5.63 Å². The lowest BCUT2D eigenvalue weighted by Crippen LogP contribution is -2.11. The van der Waals surface area contributed by atoms with E-state index in [4.69, 9.17) is 4.42 Å². The van der Waals surface area contributed by atoms with Crippen LogP contribution in [0.5, 0.6) is 0 Å². The van der Waals surface area contributed by atoms with Gasteiger partial charge in [0.2, 0.25) is 0 Å². The van der Waals surface area contributed by atoms with Crippen molar-refractivity contribution in [3.63, 3.8) is 0 Å². The van der Waals surface area contributed by atoms with E-state index in [0.29, 0.717) is 11.1 Å². The van der Waals surface area contributed by atoms with E-state index in [9.17, 15) is 4.79 Å². The molecule has 0 aliphatic carbocycles. The minimum atomic E-state index is -0.366. The molecule has 7 rings (SSSR count). The van der Waals surface area contributed by atoms with Crippen molar-refractivity contribution in [2.24, 2.45) is 0 Å². The second-order valence-electron chi connectivity index (χ2n) is 12.2. The summed E-state index contributed by atoms with van der Waals surface area (Å²) in [4.78, 5) is 17.9. The lowest BCUT2D eigenvalue weighted by atomic mass is 10.0. The summed E-state index contributed by atoms with van der Waals surface area (Å²) in [5.74, 6) is 0. The summed E-state index contributed by atoms with van der Waals surface area (Å²) in [6.45, 7) is 8.39. The van der Waals surface area contributed by atoms with E-state index in [0.717, 1.165) is 45.1 Å². The van der Waals surface area contributed by atoms with Gasteiger partial charge in [-0.2, -0.15) is 0 Å². The Hall–Kier alpha value is -5.87. The van der Waals surface area contributed by atoms with Crippen molar-refractivity contribution in [3.05, 3.63) is 178 Å². The molecule has 0 N–H and O–H groups in total. The van der Waals surface area contributed by atoms with Crippen LogP contribution in [0.25, 0.3) is 22.1 Å². The third-order valence-corrected chi connectivity index (χ3v) is 8.45. The predicted molar refractivity (Wildman–Crippen MR) is 196 cm³/mol. The molecule has 0 amide bonds. The molecule has 0 aliphatic rings. The van der Waals surface area contributed by atoms with E-state index in [2.05, 4.69) is 153 Å². The molecule has 6 aromatic carbocycles. The van der Waals surface area contributed by atoms with E-state index in [1.54, 1.807) is 0 Å². The highest BCUT2D eigenvalue weighted by Gasteiger charge is 2.17. The summed E-state index contributed by atoms with van der Waals surface area (Å²) in [6, 6.07) is 49.9. The largest absolute Gasteiger partial charge is 0.422 e. The van der Waals surface area contributed by atoms with Gasteiger partial charge in [0.25, 0.3) is 0 Å². The number of hydrogen-bond donors (Lipinski definition) is 0. The number of anilines is 6. The maximum atomic E-state index is 13.5. The molecular weight excluding hydrogens is 576 g/mol. The van der Waals surface area contributed by atoms with Crippen LogP contribution >= 0.6 is 0 Å². The van der Waals surface area contributed by atoms with Gasteiger partial charge in [-0.15, -0.1) is 0 Å². The molecule has 0 saturated carbocycles. The zero-order valence-corrected chi connectivity index (χ0v) is 27.1. The fourth-order valence-corrected chi connectivity index (χ4v) is 6.19. The van der Waals surface area contributed by atoms with Crippen molar-refractivity contribution in [1.82, 2.24) is 0 Å². The summed E-state index contributed by atoms with van der Waals surface area (Å²) in [7, 11) is 0. The highest BCUT2D eigenvalue weighted by molar-refractivity contribution is 5.88. The summed E-state index contributed by atoms with van der Waals surface area (Å²) in [5, 5.41) is 0.863. The third-order valence-electron chi connectivity index (χ3n) is 8.45. The van der Waals surface area contributed by atoms with Gasteiger partial charge in [0.1, 0.15) is 5.58 Å². The number of fused-ring (bicyclic) bond motifs is 1. The quantitative estimate of drug-likeness (QED) is 0.168. The van der Waals surface area contributed by atoms with E-state index < -0.39 is 0 Å². The topological polar surface area (TPSA) is 36.7 Å². The van der Waals surface area contributed by atoms with E-state index in [1.165, 1.54) is 22.3 Å². The Labute approximate surface area is 275 Å². The standard InChI is InChI=1S/C43H36N2O2/c1-29-9-5-13-36(23-29)44(37-14-6-10-30(2)24-37)35-20-17-33(18-21-35)41-27-34-19-22-40(28-42(34)47-43(41)46)45(38-15-7-11-31(3)25-38)39-16-8-12-32(4)26-39/h5-28H,1-4H3. The lowest BCUT2D eigenvalue weighted by molar-refractivity contribution is 0.563. The van der Waals surface area contributed by atoms with Gasteiger partial charge in [0.05, 0.1) is 5.56 Å². The Morgan fingerprint density at radius 3 is 1.28 bits per heavy atom. The molecule has 4 nitrogen and oxygen atoms in total. The van der Waals surface area contributed by atoms with Gasteiger partial charge in [-0.25, -0.2) is 4.79 Å². The second-order valence-corrected chi connectivity index (χ2v) is 12.2. The number of hydrogen-bond acceptors (Lipinski definition) is 4. The molecule has 0 unspecified atom stereocenters.